The first-order chi connectivity index (χ1) is 6.81. The minimum Gasteiger partial charge on any atom is -0.512 e. The summed E-state index contributed by atoms with van der Waals surface area (Å²) >= 11 is 0. The van der Waals surface area contributed by atoms with Gasteiger partial charge in [0.1, 0.15) is 12.0 Å². The maximum absolute atomic E-state index is 9.20. The van der Waals surface area contributed by atoms with Crippen LogP contribution in [0.25, 0.3) is 16.8 Å². The minimum atomic E-state index is -0.289. The van der Waals surface area contributed by atoms with Gasteiger partial charge in [0, 0.05) is 0 Å². The Balaban J connectivity index is 2.62. The van der Waals surface area contributed by atoms with E-state index in [0.717, 1.165) is 5.52 Å². The Morgan fingerprint density at radius 3 is 2.64 bits per heavy atom. The lowest BCUT2D eigenvalue weighted by atomic mass is 10.3. The maximum atomic E-state index is 9.20. The van der Waals surface area contributed by atoms with Gasteiger partial charge in [0.25, 0.3) is 0 Å². The predicted molar refractivity (Wildman–Crippen MR) is 52.8 cm³/mol. The van der Waals surface area contributed by atoms with Crippen LogP contribution in [0.1, 0.15) is 5.69 Å². The molecule has 2 aromatic rings. The van der Waals surface area contributed by atoms with Crippen LogP contribution >= 0.6 is 0 Å². The summed E-state index contributed by atoms with van der Waals surface area (Å²) in [6, 6.07) is 7.31. The van der Waals surface area contributed by atoms with Gasteiger partial charge in [-0.05, 0) is 12.1 Å². The minimum absolute atomic E-state index is 0.256. The van der Waals surface area contributed by atoms with Crippen LogP contribution in [0.5, 0.6) is 0 Å². The van der Waals surface area contributed by atoms with Crippen molar-refractivity contribution in [1.82, 2.24) is 9.97 Å². The van der Waals surface area contributed by atoms with Crippen molar-refractivity contribution in [1.29, 1.82) is 0 Å². The molecule has 0 saturated heterocycles. The second-order valence-corrected chi connectivity index (χ2v) is 2.76. The molecule has 1 aromatic carbocycles. The number of rotatable bonds is 1. The van der Waals surface area contributed by atoms with Crippen molar-refractivity contribution < 1.29 is 10.2 Å². The van der Waals surface area contributed by atoms with Crippen molar-refractivity contribution in [3.05, 3.63) is 42.4 Å². The van der Waals surface area contributed by atoms with Crippen LogP contribution in [0, 0.1) is 0 Å². The molecule has 0 spiro atoms. The SMILES string of the molecule is OC=C(O)c1cnc2ccccc2n1. The van der Waals surface area contributed by atoms with Crippen LogP contribution in [0.15, 0.2) is 36.7 Å². The molecule has 14 heavy (non-hydrogen) atoms. The highest BCUT2D eigenvalue weighted by molar-refractivity contribution is 5.75. The molecule has 70 valence electrons. The summed E-state index contributed by atoms with van der Waals surface area (Å²) in [6.45, 7) is 0. The average Bonchev–Trinajstić information content (AvgIpc) is 2.27. The van der Waals surface area contributed by atoms with Gasteiger partial charge >= 0.3 is 0 Å². The Labute approximate surface area is 80.2 Å². The molecule has 0 unspecified atom stereocenters. The zero-order valence-electron chi connectivity index (χ0n) is 7.25. The molecule has 0 aliphatic carbocycles. The summed E-state index contributed by atoms with van der Waals surface area (Å²) in [5.74, 6) is -0.289. The standard InChI is InChI=1S/C10H8N2O2/c13-6-10(14)9-5-11-7-3-1-2-4-8(7)12-9/h1-6,13-14H. The van der Waals surface area contributed by atoms with Crippen molar-refractivity contribution in [2.75, 3.05) is 0 Å². The molecule has 4 heteroatoms. The van der Waals surface area contributed by atoms with Crippen LogP contribution in [-0.2, 0) is 0 Å². The molecule has 0 amide bonds. The lowest BCUT2D eigenvalue weighted by Crippen LogP contribution is -1.91. The van der Waals surface area contributed by atoms with Crippen molar-refractivity contribution in [3.8, 4) is 0 Å². The van der Waals surface area contributed by atoms with Crippen LogP contribution < -0.4 is 0 Å². The Hall–Kier alpha value is -2.10. The Bertz CT molecular complexity index is 494. The van der Waals surface area contributed by atoms with E-state index in [0.29, 0.717) is 11.8 Å². The van der Waals surface area contributed by atoms with Crippen LogP contribution in [0.2, 0.25) is 0 Å². The fourth-order valence-corrected chi connectivity index (χ4v) is 1.15. The van der Waals surface area contributed by atoms with E-state index >= 15 is 0 Å². The number of fused-ring (bicyclic) bond motifs is 1. The van der Waals surface area contributed by atoms with Gasteiger partial charge in [-0.3, -0.25) is 4.98 Å². The van der Waals surface area contributed by atoms with E-state index in [-0.39, 0.29) is 11.5 Å². The lowest BCUT2D eigenvalue weighted by Gasteiger charge is -1.99. The highest BCUT2D eigenvalue weighted by Gasteiger charge is 2.02. The molecule has 0 saturated carbocycles. The quantitative estimate of drug-likeness (QED) is 0.672. The number of hydrogen-bond acceptors (Lipinski definition) is 4. The third-order valence-corrected chi connectivity index (χ3v) is 1.83. The molecule has 0 radical (unpaired) electrons. The van der Waals surface area contributed by atoms with E-state index < -0.39 is 0 Å². The smallest absolute Gasteiger partial charge is 0.177 e. The Kier molecular flexibility index (Phi) is 2.02. The van der Waals surface area contributed by atoms with E-state index in [9.17, 15) is 5.11 Å². The van der Waals surface area contributed by atoms with Crippen molar-refractivity contribution >= 4 is 16.8 Å². The summed E-state index contributed by atoms with van der Waals surface area (Å²) in [7, 11) is 0. The van der Waals surface area contributed by atoms with Crippen molar-refractivity contribution in [2.24, 2.45) is 0 Å². The highest BCUT2D eigenvalue weighted by atomic mass is 16.3. The van der Waals surface area contributed by atoms with Gasteiger partial charge in [0.2, 0.25) is 0 Å². The topological polar surface area (TPSA) is 66.2 Å². The summed E-state index contributed by atoms with van der Waals surface area (Å²) in [4.78, 5) is 8.18. The van der Waals surface area contributed by atoms with Gasteiger partial charge in [-0.1, -0.05) is 12.1 Å². The predicted octanol–water partition coefficient (Wildman–Crippen LogP) is 2.04. The molecule has 0 aliphatic rings. The molecule has 0 bridgehead atoms. The van der Waals surface area contributed by atoms with E-state index in [4.69, 9.17) is 5.11 Å². The number of para-hydroxylation sites is 2. The Morgan fingerprint density at radius 1 is 1.21 bits per heavy atom. The first-order valence-corrected chi connectivity index (χ1v) is 4.07. The molecule has 2 rings (SSSR count). The number of benzene rings is 1. The summed E-state index contributed by atoms with van der Waals surface area (Å²) in [5, 5.41) is 17.8. The molecule has 2 N–H and O–H groups in total. The number of hydrogen-bond donors (Lipinski definition) is 2. The zero-order chi connectivity index (χ0) is 9.97. The molecule has 4 nitrogen and oxygen atoms in total. The van der Waals surface area contributed by atoms with E-state index in [1.165, 1.54) is 6.20 Å². The van der Waals surface area contributed by atoms with E-state index in [1.807, 2.05) is 18.2 Å². The third-order valence-electron chi connectivity index (χ3n) is 1.83. The van der Waals surface area contributed by atoms with Gasteiger partial charge in [-0.15, -0.1) is 0 Å². The number of aromatic nitrogens is 2. The molecular formula is C10H8N2O2. The van der Waals surface area contributed by atoms with E-state index in [1.54, 1.807) is 6.07 Å². The Morgan fingerprint density at radius 2 is 1.93 bits per heavy atom. The maximum Gasteiger partial charge on any atom is 0.177 e. The second kappa shape index (κ2) is 3.33. The molecule has 0 atom stereocenters. The van der Waals surface area contributed by atoms with Gasteiger partial charge < -0.3 is 10.2 Å². The fourth-order valence-electron chi connectivity index (χ4n) is 1.15. The zero-order valence-corrected chi connectivity index (χ0v) is 7.25. The number of aliphatic hydroxyl groups is 2. The lowest BCUT2D eigenvalue weighted by molar-refractivity contribution is 0.430. The number of aliphatic hydroxyl groups excluding tert-OH is 2. The summed E-state index contributed by atoms with van der Waals surface area (Å²) < 4.78 is 0. The van der Waals surface area contributed by atoms with Gasteiger partial charge in [-0.25, -0.2) is 4.98 Å². The second-order valence-electron chi connectivity index (χ2n) is 2.76. The third kappa shape index (κ3) is 1.37. The first-order valence-electron chi connectivity index (χ1n) is 4.07. The molecule has 0 aliphatic heterocycles. The van der Waals surface area contributed by atoms with Crippen LogP contribution in [-0.4, -0.2) is 20.2 Å². The fraction of sp³-hybridized carbons (Fsp3) is 0. The summed E-state index contributed by atoms with van der Waals surface area (Å²) in [6.07, 6.45) is 2.00. The number of nitrogens with zero attached hydrogens (tertiary/aromatic N) is 2. The van der Waals surface area contributed by atoms with Crippen LogP contribution in [0.4, 0.5) is 0 Å². The van der Waals surface area contributed by atoms with Gasteiger partial charge in [0.15, 0.2) is 5.76 Å². The normalized spacial score (nSPS) is 11.9. The van der Waals surface area contributed by atoms with Gasteiger partial charge in [0.05, 0.1) is 17.2 Å². The average molecular weight is 188 g/mol. The monoisotopic (exact) mass is 188 g/mol. The van der Waals surface area contributed by atoms with Crippen LogP contribution in [0.3, 0.4) is 0 Å². The first kappa shape index (κ1) is 8.50. The summed E-state index contributed by atoms with van der Waals surface area (Å²) in [5.41, 5.74) is 1.69. The molecular weight excluding hydrogens is 180 g/mol. The van der Waals surface area contributed by atoms with E-state index in [2.05, 4.69) is 9.97 Å². The molecule has 1 aromatic heterocycles. The molecule has 1 heterocycles. The largest absolute Gasteiger partial charge is 0.512 e. The van der Waals surface area contributed by atoms with Crippen molar-refractivity contribution in [2.45, 2.75) is 0 Å². The molecule has 0 fully saturated rings. The van der Waals surface area contributed by atoms with Crippen molar-refractivity contribution in [3.63, 3.8) is 0 Å². The highest BCUT2D eigenvalue weighted by Crippen LogP contribution is 2.12. The van der Waals surface area contributed by atoms with Gasteiger partial charge in [-0.2, -0.15) is 0 Å².